The molecule has 3 nitrogen and oxygen atoms in total. The summed E-state index contributed by atoms with van der Waals surface area (Å²) in [4.78, 5) is 0. The molecule has 2 bridgehead atoms. The normalized spacial score (nSPS) is 37.0. The van der Waals surface area contributed by atoms with Crippen molar-refractivity contribution in [3.8, 4) is 0 Å². The fourth-order valence-corrected chi connectivity index (χ4v) is 4.85. The first-order valence-corrected chi connectivity index (χ1v) is 10.3. The van der Waals surface area contributed by atoms with Gasteiger partial charge in [-0.15, -0.1) is 0 Å². The molecule has 1 aliphatic carbocycles. The number of ether oxygens (including phenoxy) is 3. The number of fused-ring (bicyclic) bond motifs is 3. The lowest BCUT2D eigenvalue weighted by Gasteiger charge is -2.55. The molecule has 0 N–H and O–H groups in total. The van der Waals surface area contributed by atoms with Crippen molar-refractivity contribution < 1.29 is 18.6 Å². The smallest absolute Gasteiger partial charge is 0.285 e. The van der Waals surface area contributed by atoms with Gasteiger partial charge >= 0.3 is 0 Å². The van der Waals surface area contributed by atoms with Crippen LogP contribution < -0.4 is 0 Å². The van der Waals surface area contributed by atoms with Gasteiger partial charge < -0.3 is 14.2 Å². The molecule has 144 valence electrons. The molecule has 0 aromatic heterocycles. The highest BCUT2D eigenvalue weighted by Gasteiger charge is 2.56. The zero-order valence-electron chi connectivity index (χ0n) is 15.8. The fourth-order valence-electron chi connectivity index (χ4n) is 4.85. The lowest BCUT2D eigenvalue weighted by Crippen LogP contribution is -2.63. The highest BCUT2D eigenvalue weighted by molar-refractivity contribution is 5.21. The van der Waals surface area contributed by atoms with Gasteiger partial charge in [0.1, 0.15) is 5.82 Å². The van der Waals surface area contributed by atoms with Crippen LogP contribution in [0.15, 0.2) is 24.3 Å². The highest BCUT2D eigenvalue weighted by atomic mass is 19.1. The molecular weight excluding hydrogens is 331 g/mol. The van der Waals surface area contributed by atoms with E-state index in [1.165, 1.54) is 24.8 Å². The number of benzene rings is 1. The van der Waals surface area contributed by atoms with E-state index in [0.29, 0.717) is 11.8 Å². The first kappa shape index (κ1) is 18.4. The van der Waals surface area contributed by atoms with Crippen molar-refractivity contribution in [1.82, 2.24) is 0 Å². The van der Waals surface area contributed by atoms with Crippen LogP contribution in [-0.4, -0.2) is 25.8 Å². The Balaban J connectivity index is 1.32. The number of hydrogen-bond donors (Lipinski definition) is 0. The maximum Gasteiger partial charge on any atom is 0.285 e. The largest absolute Gasteiger partial charge is 0.326 e. The van der Waals surface area contributed by atoms with Crippen molar-refractivity contribution in [3.05, 3.63) is 35.6 Å². The molecule has 0 radical (unpaired) electrons. The van der Waals surface area contributed by atoms with E-state index >= 15 is 0 Å². The van der Waals surface area contributed by atoms with Gasteiger partial charge in [0, 0.05) is 11.3 Å². The second-order valence-corrected chi connectivity index (χ2v) is 8.53. The predicted molar refractivity (Wildman–Crippen MR) is 98.3 cm³/mol. The molecule has 1 aromatic rings. The Morgan fingerprint density at radius 3 is 2.12 bits per heavy atom. The van der Waals surface area contributed by atoms with E-state index < -0.39 is 5.97 Å². The minimum Gasteiger partial charge on any atom is -0.326 e. The van der Waals surface area contributed by atoms with Crippen molar-refractivity contribution in [2.45, 2.75) is 70.2 Å². The summed E-state index contributed by atoms with van der Waals surface area (Å²) in [5.74, 6) is -0.166. The summed E-state index contributed by atoms with van der Waals surface area (Å²) in [6, 6.07) is 6.98. The van der Waals surface area contributed by atoms with E-state index in [1.807, 2.05) is 12.1 Å². The van der Waals surface area contributed by atoms with Gasteiger partial charge in [-0.25, -0.2) is 4.39 Å². The van der Waals surface area contributed by atoms with Crippen LogP contribution >= 0.6 is 0 Å². The molecule has 26 heavy (non-hydrogen) atoms. The maximum absolute atomic E-state index is 13.1. The van der Waals surface area contributed by atoms with Gasteiger partial charge in [-0.2, -0.15) is 0 Å². The van der Waals surface area contributed by atoms with E-state index in [-0.39, 0.29) is 11.2 Å². The topological polar surface area (TPSA) is 27.7 Å². The van der Waals surface area contributed by atoms with Gasteiger partial charge in [-0.3, -0.25) is 0 Å². The second-order valence-electron chi connectivity index (χ2n) is 8.53. The monoisotopic (exact) mass is 362 g/mol. The molecule has 3 aliphatic heterocycles. The lowest BCUT2D eigenvalue weighted by atomic mass is 9.76. The molecule has 0 spiro atoms. The van der Waals surface area contributed by atoms with Crippen LogP contribution in [0.2, 0.25) is 0 Å². The average Bonchev–Trinajstić information content (AvgIpc) is 2.70. The summed E-state index contributed by atoms with van der Waals surface area (Å²) in [7, 11) is 0. The fraction of sp³-hybridized carbons (Fsp3) is 0.727. The number of unbranched alkanes of at least 4 members (excludes halogenated alkanes) is 2. The Morgan fingerprint density at radius 1 is 0.923 bits per heavy atom. The molecule has 5 rings (SSSR count). The Hall–Kier alpha value is -0.970. The van der Waals surface area contributed by atoms with Crippen LogP contribution in [0.1, 0.15) is 69.8 Å². The molecule has 0 amide bonds. The van der Waals surface area contributed by atoms with Crippen LogP contribution in [-0.2, 0) is 14.2 Å². The number of halogens is 1. The molecule has 4 fully saturated rings. The van der Waals surface area contributed by atoms with Crippen LogP contribution in [0.3, 0.4) is 0 Å². The zero-order valence-corrected chi connectivity index (χ0v) is 15.8. The second kappa shape index (κ2) is 7.57. The minimum atomic E-state index is -0.805. The van der Waals surface area contributed by atoms with Crippen LogP contribution in [0, 0.1) is 17.2 Å². The van der Waals surface area contributed by atoms with E-state index in [1.54, 1.807) is 12.1 Å². The molecule has 1 aromatic carbocycles. The maximum atomic E-state index is 13.1. The van der Waals surface area contributed by atoms with Gasteiger partial charge in [0.2, 0.25) is 0 Å². The van der Waals surface area contributed by atoms with Gasteiger partial charge in [-0.05, 0) is 55.7 Å². The Labute approximate surface area is 156 Å². The quantitative estimate of drug-likeness (QED) is 0.635. The third-order valence-corrected chi connectivity index (χ3v) is 6.62. The van der Waals surface area contributed by atoms with Crippen LogP contribution in [0.5, 0.6) is 0 Å². The van der Waals surface area contributed by atoms with Crippen molar-refractivity contribution in [2.24, 2.45) is 11.3 Å². The molecule has 0 atom stereocenters. The van der Waals surface area contributed by atoms with Gasteiger partial charge in [0.25, 0.3) is 5.97 Å². The number of hydrogen-bond acceptors (Lipinski definition) is 3. The van der Waals surface area contributed by atoms with Crippen molar-refractivity contribution >= 4 is 0 Å². The number of rotatable bonds is 6. The molecule has 3 heterocycles. The Bertz CT molecular complexity index is 567. The van der Waals surface area contributed by atoms with E-state index in [2.05, 4.69) is 6.92 Å². The van der Waals surface area contributed by atoms with Crippen molar-refractivity contribution in [2.75, 3.05) is 19.8 Å². The molecule has 3 saturated heterocycles. The average molecular weight is 362 g/mol. The summed E-state index contributed by atoms with van der Waals surface area (Å²) >= 11 is 0. The zero-order chi connectivity index (χ0) is 18.0. The molecule has 4 heteroatoms. The lowest BCUT2D eigenvalue weighted by molar-refractivity contribution is -0.488. The standard InChI is InChI=1S/C22H31FO3/c1-2-3-4-13-21-14-24-22(25-15-21,26-16-21)19-9-5-17(6-10-19)18-7-11-20(23)12-8-18/h7-8,11-12,17,19H,2-6,9-10,13-16H2,1H3. The van der Waals surface area contributed by atoms with Crippen LogP contribution in [0.4, 0.5) is 4.39 Å². The van der Waals surface area contributed by atoms with E-state index in [0.717, 1.165) is 51.9 Å². The summed E-state index contributed by atoms with van der Waals surface area (Å²) in [5, 5.41) is 0. The summed E-state index contributed by atoms with van der Waals surface area (Å²) in [6.45, 7) is 4.55. The van der Waals surface area contributed by atoms with E-state index in [4.69, 9.17) is 14.2 Å². The van der Waals surface area contributed by atoms with Gasteiger partial charge in [0.15, 0.2) is 0 Å². The Morgan fingerprint density at radius 2 is 1.54 bits per heavy atom. The molecule has 1 saturated carbocycles. The molecule has 4 aliphatic rings. The molecular formula is C22H31FO3. The Kier molecular flexibility index (Phi) is 5.36. The highest BCUT2D eigenvalue weighted by Crippen LogP contribution is 2.49. The summed E-state index contributed by atoms with van der Waals surface area (Å²) < 4.78 is 31.7. The first-order chi connectivity index (χ1) is 12.6. The van der Waals surface area contributed by atoms with Crippen molar-refractivity contribution in [1.29, 1.82) is 0 Å². The third-order valence-electron chi connectivity index (χ3n) is 6.62. The predicted octanol–water partition coefficient (Wildman–Crippen LogP) is 5.40. The first-order valence-electron chi connectivity index (χ1n) is 10.3. The SMILES string of the molecule is CCCCCC12COC(C3CCC(c4ccc(F)cc4)CC3)(OC1)OC2. The van der Waals surface area contributed by atoms with Gasteiger partial charge in [0.05, 0.1) is 19.8 Å². The summed E-state index contributed by atoms with van der Waals surface area (Å²) in [6.07, 6.45) is 9.08. The van der Waals surface area contributed by atoms with E-state index in [9.17, 15) is 4.39 Å². The van der Waals surface area contributed by atoms with Gasteiger partial charge in [-0.1, -0.05) is 38.3 Å². The third kappa shape index (κ3) is 3.56. The van der Waals surface area contributed by atoms with Crippen LogP contribution in [0.25, 0.3) is 0 Å². The minimum absolute atomic E-state index is 0.0717. The summed E-state index contributed by atoms with van der Waals surface area (Å²) in [5.41, 5.74) is 1.31. The van der Waals surface area contributed by atoms with Crippen molar-refractivity contribution in [3.63, 3.8) is 0 Å². The molecule has 0 unspecified atom stereocenters.